The molecule has 1 amide bonds. The molecule has 0 saturated heterocycles. The predicted octanol–water partition coefficient (Wildman–Crippen LogP) is 1.82. The monoisotopic (exact) mass is 239 g/mol. The van der Waals surface area contributed by atoms with E-state index in [1.807, 2.05) is 17.0 Å². The molecular weight excluding hydrogens is 226 g/mol. The molecule has 0 spiro atoms. The molecule has 2 N–H and O–H groups in total. The normalized spacial score (nSPS) is 13.4. The zero-order valence-corrected chi connectivity index (χ0v) is 9.84. The van der Waals surface area contributed by atoms with Gasteiger partial charge in [-0.25, -0.2) is 4.98 Å². The molecule has 0 unspecified atom stereocenters. The first-order chi connectivity index (χ1) is 8.74. The van der Waals surface area contributed by atoms with Crippen LogP contribution in [0.25, 0.3) is 0 Å². The Labute approximate surface area is 105 Å². The van der Waals surface area contributed by atoms with Crippen molar-refractivity contribution in [1.29, 1.82) is 0 Å². The lowest BCUT2D eigenvalue weighted by Gasteiger charge is -2.15. The van der Waals surface area contributed by atoms with Crippen molar-refractivity contribution in [3.63, 3.8) is 0 Å². The number of rotatable bonds is 1. The van der Waals surface area contributed by atoms with Gasteiger partial charge in [0, 0.05) is 24.8 Å². The fraction of sp³-hybridized carbons (Fsp3) is 0.143. The van der Waals surface area contributed by atoms with Gasteiger partial charge in [0.1, 0.15) is 5.82 Å². The number of nitrogen functional groups attached to an aromatic ring is 1. The lowest BCUT2D eigenvalue weighted by molar-refractivity contribution is 0.0751. The third-order valence-electron chi connectivity index (χ3n) is 3.16. The molecule has 18 heavy (non-hydrogen) atoms. The highest BCUT2D eigenvalue weighted by atomic mass is 16.2. The summed E-state index contributed by atoms with van der Waals surface area (Å²) in [5.41, 5.74) is 8.62. The van der Waals surface area contributed by atoms with E-state index in [1.54, 1.807) is 18.3 Å². The molecule has 0 aliphatic carbocycles. The maximum Gasteiger partial charge on any atom is 0.254 e. The highest BCUT2D eigenvalue weighted by molar-refractivity contribution is 5.95. The first kappa shape index (κ1) is 10.8. The van der Waals surface area contributed by atoms with Gasteiger partial charge in [0.25, 0.3) is 5.91 Å². The molecule has 90 valence electrons. The summed E-state index contributed by atoms with van der Waals surface area (Å²) in [6, 6.07) is 11.4. The minimum absolute atomic E-state index is 0.000278. The summed E-state index contributed by atoms with van der Waals surface area (Å²) < 4.78 is 0. The zero-order chi connectivity index (χ0) is 12.5. The van der Waals surface area contributed by atoms with Crippen LogP contribution in [0.5, 0.6) is 0 Å². The smallest absolute Gasteiger partial charge is 0.254 e. The maximum absolute atomic E-state index is 12.3. The Morgan fingerprint density at radius 2 is 1.83 bits per heavy atom. The van der Waals surface area contributed by atoms with Gasteiger partial charge in [0.2, 0.25) is 0 Å². The third kappa shape index (κ3) is 1.82. The average molecular weight is 239 g/mol. The molecule has 1 aromatic heterocycles. The van der Waals surface area contributed by atoms with Crippen LogP contribution in [0.2, 0.25) is 0 Å². The molecule has 1 aromatic carbocycles. The minimum Gasteiger partial charge on any atom is -0.384 e. The molecule has 0 atom stereocenters. The van der Waals surface area contributed by atoms with E-state index in [0.717, 1.165) is 0 Å². The Hall–Kier alpha value is -2.36. The fourth-order valence-corrected chi connectivity index (χ4v) is 2.24. The first-order valence-corrected chi connectivity index (χ1v) is 5.81. The number of fused-ring (bicyclic) bond motifs is 1. The van der Waals surface area contributed by atoms with Gasteiger partial charge in [-0.1, -0.05) is 24.3 Å². The van der Waals surface area contributed by atoms with Crippen molar-refractivity contribution in [3.8, 4) is 0 Å². The van der Waals surface area contributed by atoms with E-state index in [4.69, 9.17) is 5.73 Å². The molecule has 1 aliphatic heterocycles. The van der Waals surface area contributed by atoms with Gasteiger partial charge in [-0.3, -0.25) is 4.79 Å². The van der Waals surface area contributed by atoms with Crippen LogP contribution in [0, 0.1) is 0 Å². The Morgan fingerprint density at radius 3 is 2.44 bits per heavy atom. The number of carbonyl (C=O) groups is 1. The van der Waals surface area contributed by atoms with Gasteiger partial charge in [-0.05, 0) is 23.3 Å². The van der Waals surface area contributed by atoms with Crippen molar-refractivity contribution in [2.45, 2.75) is 13.1 Å². The summed E-state index contributed by atoms with van der Waals surface area (Å²) in [5, 5.41) is 0. The number of amides is 1. The fourth-order valence-electron chi connectivity index (χ4n) is 2.24. The molecule has 0 bridgehead atoms. The lowest BCUT2D eigenvalue weighted by atomic mass is 10.1. The van der Waals surface area contributed by atoms with E-state index >= 15 is 0 Å². The molecular formula is C14H13N3O. The second kappa shape index (κ2) is 4.14. The van der Waals surface area contributed by atoms with Gasteiger partial charge in [-0.15, -0.1) is 0 Å². The van der Waals surface area contributed by atoms with Crippen LogP contribution in [0.15, 0.2) is 42.6 Å². The van der Waals surface area contributed by atoms with Crippen LogP contribution in [0.1, 0.15) is 21.5 Å². The molecule has 3 rings (SSSR count). The van der Waals surface area contributed by atoms with Crippen molar-refractivity contribution in [2.75, 3.05) is 5.73 Å². The van der Waals surface area contributed by atoms with Gasteiger partial charge in [0.15, 0.2) is 0 Å². The molecule has 1 aliphatic rings. The van der Waals surface area contributed by atoms with Crippen LogP contribution in [0.3, 0.4) is 0 Å². The quantitative estimate of drug-likeness (QED) is 0.825. The molecule has 2 aromatic rings. The third-order valence-corrected chi connectivity index (χ3v) is 3.16. The van der Waals surface area contributed by atoms with Gasteiger partial charge < -0.3 is 10.6 Å². The van der Waals surface area contributed by atoms with E-state index in [9.17, 15) is 4.79 Å². The number of aromatic nitrogens is 1. The Morgan fingerprint density at radius 1 is 1.17 bits per heavy atom. The van der Waals surface area contributed by atoms with Crippen molar-refractivity contribution < 1.29 is 4.79 Å². The summed E-state index contributed by atoms with van der Waals surface area (Å²) in [7, 11) is 0. The van der Waals surface area contributed by atoms with E-state index in [0.29, 0.717) is 24.5 Å². The summed E-state index contributed by atoms with van der Waals surface area (Å²) in [6.07, 6.45) is 1.56. The van der Waals surface area contributed by atoms with Crippen LogP contribution in [-0.2, 0) is 13.1 Å². The van der Waals surface area contributed by atoms with Crippen molar-refractivity contribution in [1.82, 2.24) is 9.88 Å². The average Bonchev–Trinajstić information content (AvgIpc) is 2.81. The molecule has 2 heterocycles. The molecule has 4 nitrogen and oxygen atoms in total. The largest absolute Gasteiger partial charge is 0.384 e. The van der Waals surface area contributed by atoms with Crippen LogP contribution in [-0.4, -0.2) is 15.8 Å². The Bertz CT molecular complexity index is 584. The molecule has 0 saturated carbocycles. The van der Waals surface area contributed by atoms with Crippen LogP contribution >= 0.6 is 0 Å². The summed E-state index contributed by atoms with van der Waals surface area (Å²) in [4.78, 5) is 18.0. The second-order valence-corrected chi connectivity index (χ2v) is 4.40. The Kier molecular flexibility index (Phi) is 2.48. The number of benzene rings is 1. The number of nitrogens with zero attached hydrogens (tertiary/aromatic N) is 2. The summed E-state index contributed by atoms with van der Waals surface area (Å²) >= 11 is 0. The van der Waals surface area contributed by atoms with E-state index in [1.165, 1.54) is 11.1 Å². The van der Waals surface area contributed by atoms with Gasteiger partial charge >= 0.3 is 0 Å². The highest BCUT2D eigenvalue weighted by Crippen LogP contribution is 2.23. The SMILES string of the molecule is Nc1cc(C(=O)N2Cc3ccccc3C2)ccn1. The number of carbonyl (C=O) groups excluding carboxylic acids is 1. The van der Waals surface area contributed by atoms with Crippen molar-refractivity contribution >= 4 is 11.7 Å². The number of pyridine rings is 1. The van der Waals surface area contributed by atoms with E-state index < -0.39 is 0 Å². The number of hydrogen-bond acceptors (Lipinski definition) is 3. The topological polar surface area (TPSA) is 59.2 Å². The van der Waals surface area contributed by atoms with Gasteiger partial charge in [0.05, 0.1) is 0 Å². The summed E-state index contributed by atoms with van der Waals surface area (Å²) in [5.74, 6) is 0.373. The predicted molar refractivity (Wildman–Crippen MR) is 68.7 cm³/mol. The van der Waals surface area contributed by atoms with E-state index in [-0.39, 0.29) is 5.91 Å². The maximum atomic E-state index is 12.3. The lowest BCUT2D eigenvalue weighted by Crippen LogP contribution is -2.25. The van der Waals surface area contributed by atoms with Crippen LogP contribution < -0.4 is 5.73 Å². The first-order valence-electron chi connectivity index (χ1n) is 5.81. The zero-order valence-electron chi connectivity index (χ0n) is 9.84. The van der Waals surface area contributed by atoms with Gasteiger partial charge in [-0.2, -0.15) is 0 Å². The minimum atomic E-state index is 0.000278. The van der Waals surface area contributed by atoms with E-state index in [2.05, 4.69) is 17.1 Å². The Balaban J connectivity index is 1.84. The highest BCUT2D eigenvalue weighted by Gasteiger charge is 2.23. The number of anilines is 1. The number of hydrogen-bond donors (Lipinski definition) is 1. The number of nitrogens with two attached hydrogens (primary N) is 1. The van der Waals surface area contributed by atoms with Crippen molar-refractivity contribution in [3.05, 3.63) is 59.3 Å². The molecule has 0 radical (unpaired) electrons. The van der Waals surface area contributed by atoms with Crippen molar-refractivity contribution in [2.24, 2.45) is 0 Å². The molecule has 4 heteroatoms. The molecule has 0 fully saturated rings. The van der Waals surface area contributed by atoms with Crippen LogP contribution in [0.4, 0.5) is 5.82 Å². The second-order valence-electron chi connectivity index (χ2n) is 4.40. The summed E-state index contributed by atoms with van der Waals surface area (Å²) in [6.45, 7) is 1.33. The standard InChI is InChI=1S/C14H13N3O/c15-13-7-10(5-6-16-13)14(18)17-8-11-3-1-2-4-12(11)9-17/h1-7H,8-9H2,(H2,15,16).